The maximum atomic E-state index is 12.1. The maximum Gasteiger partial charge on any atom is 0.223 e. The van der Waals surface area contributed by atoms with Crippen molar-refractivity contribution >= 4 is 11.9 Å². The van der Waals surface area contributed by atoms with Gasteiger partial charge in [0.15, 0.2) is 0 Å². The highest BCUT2D eigenvalue weighted by Crippen LogP contribution is 2.32. The molecule has 0 unspecified atom stereocenters. The average Bonchev–Trinajstić information content (AvgIpc) is 3.43. The number of rotatable bonds is 6. The van der Waals surface area contributed by atoms with Gasteiger partial charge in [-0.3, -0.25) is 4.79 Å². The summed E-state index contributed by atoms with van der Waals surface area (Å²) in [7, 11) is 1.64. The molecule has 152 valence electrons. The van der Waals surface area contributed by atoms with Crippen LogP contribution >= 0.6 is 0 Å². The zero-order valence-corrected chi connectivity index (χ0v) is 16.2. The Morgan fingerprint density at radius 1 is 1.07 bits per heavy atom. The van der Waals surface area contributed by atoms with Crippen molar-refractivity contribution in [3.05, 3.63) is 36.5 Å². The lowest BCUT2D eigenvalue weighted by Gasteiger charge is -2.18. The summed E-state index contributed by atoms with van der Waals surface area (Å²) < 4.78 is 17.1. The maximum absolute atomic E-state index is 12.1. The van der Waals surface area contributed by atoms with Crippen LogP contribution < -0.4 is 15.4 Å². The van der Waals surface area contributed by atoms with Crippen LogP contribution in [-0.4, -0.2) is 60.5 Å². The van der Waals surface area contributed by atoms with E-state index in [0.29, 0.717) is 19.2 Å². The third-order valence-corrected chi connectivity index (χ3v) is 5.69. The Kier molecular flexibility index (Phi) is 4.81. The quantitative estimate of drug-likeness (QED) is 0.766. The molecule has 3 aliphatic rings. The molecule has 3 heterocycles. The van der Waals surface area contributed by atoms with E-state index in [1.807, 2.05) is 30.3 Å². The number of benzene rings is 1. The first-order chi connectivity index (χ1) is 14.2. The van der Waals surface area contributed by atoms with Crippen molar-refractivity contribution < 1.29 is 19.0 Å². The normalized spacial score (nSPS) is 28.0. The predicted molar refractivity (Wildman–Crippen MR) is 106 cm³/mol. The Bertz CT molecular complexity index is 887. The second kappa shape index (κ2) is 7.61. The van der Waals surface area contributed by atoms with E-state index < -0.39 is 0 Å². The molecule has 8 heteroatoms. The van der Waals surface area contributed by atoms with Crippen LogP contribution in [0.15, 0.2) is 36.5 Å². The average molecular weight is 396 g/mol. The Morgan fingerprint density at radius 2 is 1.79 bits per heavy atom. The fourth-order valence-electron chi connectivity index (χ4n) is 3.91. The monoisotopic (exact) mass is 396 g/mol. The second-order valence-corrected chi connectivity index (χ2v) is 7.73. The van der Waals surface area contributed by atoms with Crippen molar-refractivity contribution in [2.24, 2.45) is 5.92 Å². The third kappa shape index (κ3) is 3.77. The molecule has 3 fully saturated rings. The van der Waals surface area contributed by atoms with Gasteiger partial charge in [-0.15, -0.1) is 0 Å². The number of hydrogen-bond acceptors (Lipinski definition) is 7. The minimum absolute atomic E-state index is 0.0612. The van der Waals surface area contributed by atoms with Gasteiger partial charge in [-0.25, -0.2) is 9.97 Å². The lowest BCUT2D eigenvalue weighted by Crippen LogP contribution is -2.45. The van der Waals surface area contributed by atoms with E-state index in [0.717, 1.165) is 29.8 Å². The number of hydrogen-bond donors (Lipinski definition) is 2. The van der Waals surface area contributed by atoms with Crippen LogP contribution in [0.1, 0.15) is 12.8 Å². The minimum Gasteiger partial charge on any atom is -0.497 e. The number of aromatic nitrogens is 2. The van der Waals surface area contributed by atoms with E-state index in [1.54, 1.807) is 13.3 Å². The molecule has 2 saturated heterocycles. The third-order valence-electron chi connectivity index (χ3n) is 5.69. The highest BCUT2D eigenvalue weighted by atomic mass is 16.6. The summed E-state index contributed by atoms with van der Waals surface area (Å²) in [5.74, 6) is 1.63. The zero-order chi connectivity index (χ0) is 19.8. The van der Waals surface area contributed by atoms with Gasteiger partial charge < -0.3 is 24.8 Å². The van der Waals surface area contributed by atoms with Crippen LogP contribution in [0.5, 0.6) is 5.75 Å². The Balaban J connectivity index is 1.24. The summed E-state index contributed by atoms with van der Waals surface area (Å²) in [5.41, 5.74) is 1.80. The van der Waals surface area contributed by atoms with Crippen molar-refractivity contribution in [2.45, 2.75) is 37.1 Å². The van der Waals surface area contributed by atoms with Crippen molar-refractivity contribution in [2.75, 3.05) is 25.6 Å². The van der Waals surface area contributed by atoms with Crippen LogP contribution in [0.25, 0.3) is 11.3 Å². The molecule has 1 aliphatic carbocycles. The van der Waals surface area contributed by atoms with Crippen LogP contribution in [0, 0.1) is 5.92 Å². The van der Waals surface area contributed by atoms with E-state index in [2.05, 4.69) is 20.6 Å². The number of carbonyl (C=O) groups is 1. The topological polar surface area (TPSA) is 94.6 Å². The number of nitrogens with zero attached hydrogens (tertiary/aromatic N) is 2. The number of carbonyl (C=O) groups excluding carboxylic acids is 1. The van der Waals surface area contributed by atoms with Crippen molar-refractivity contribution in [3.8, 4) is 17.0 Å². The van der Waals surface area contributed by atoms with E-state index in [4.69, 9.17) is 14.2 Å². The molecule has 1 saturated carbocycles. The van der Waals surface area contributed by atoms with Crippen molar-refractivity contribution in [1.82, 2.24) is 15.3 Å². The number of nitrogens with one attached hydrogen (secondary N) is 2. The first kappa shape index (κ1) is 18.3. The zero-order valence-electron chi connectivity index (χ0n) is 16.2. The first-order valence-corrected chi connectivity index (χ1v) is 9.99. The lowest BCUT2D eigenvalue weighted by molar-refractivity contribution is -0.123. The van der Waals surface area contributed by atoms with Crippen molar-refractivity contribution in [1.29, 1.82) is 0 Å². The van der Waals surface area contributed by atoms with E-state index in [9.17, 15) is 4.79 Å². The Hall–Kier alpha value is -2.71. The van der Waals surface area contributed by atoms with Crippen LogP contribution in [0.4, 0.5) is 5.95 Å². The molecule has 29 heavy (non-hydrogen) atoms. The van der Waals surface area contributed by atoms with Gasteiger partial charge in [-0.1, -0.05) is 0 Å². The summed E-state index contributed by atoms with van der Waals surface area (Å²) in [4.78, 5) is 21.0. The summed E-state index contributed by atoms with van der Waals surface area (Å²) in [5, 5.41) is 6.42. The standard InChI is InChI=1S/C21H24N4O4/c1-27-14-6-4-12(5-7-14)15-8-9-22-21(24-15)25-17-11-29-18-16(10-28-19(17)18)23-20(26)13-2-3-13/h4-9,13,16-19H,2-3,10-11H2,1H3,(H,23,26)(H,22,24,25)/t16-,17+,18-,19+/m0/s1. The van der Waals surface area contributed by atoms with Gasteiger partial charge >= 0.3 is 0 Å². The molecule has 1 aromatic carbocycles. The van der Waals surface area contributed by atoms with Gasteiger partial charge in [0.1, 0.15) is 18.0 Å². The predicted octanol–water partition coefficient (Wildman–Crippen LogP) is 1.63. The smallest absolute Gasteiger partial charge is 0.223 e. The summed E-state index contributed by atoms with van der Waals surface area (Å²) in [6, 6.07) is 9.46. The molecular formula is C21H24N4O4. The first-order valence-electron chi connectivity index (χ1n) is 9.99. The summed E-state index contributed by atoms with van der Waals surface area (Å²) >= 11 is 0. The van der Waals surface area contributed by atoms with Crippen molar-refractivity contribution in [3.63, 3.8) is 0 Å². The number of fused-ring (bicyclic) bond motifs is 1. The Labute approximate surface area is 169 Å². The van der Waals surface area contributed by atoms with E-state index in [1.165, 1.54) is 0 Å². The van der Waals surface area contributed by atoms with Gasteiger partial charge in [-0.05, 0) is 43.2 Å². The molecule has 0 spiro atoms. The number of amides is 1. The molecular weight excluding hydrogens is 372 g/mol. The second-order valence-electron chi connectivity index (χ2n) is 7.73. The molecule has 1 aromatic heterocycles. The summed E-state index contributed by atoms with van der Waals surface area (Å²) in [6.45, 7) is 0.958. The lowest BCUT2D eigenvalue weighted by atomic mass is 10.1. The SMILES string of the molecule is COc1ccc(-c2ccnc(N[C@@H]3CO[C@@H]4[C@@H]3OC[C@@H]4NC(=O)C3CC3)n2)cc1. The highest BCUT2D eigenvalue weighted by Gasteiger charge is 2.49. The van der Waals surface area contributed by atoms with E-state index >= 15 is 0 Å². The number of anilines is 1. The molecule has 2 aromatic rings. The fourth-order valence-corrected chi connectivity index (χ4v) is 3.91. The summed E-state index contributed by atoms with van der Waals surface area (Å²) in [6.07, 6.45) is 3.43. The molecule has 8 nitrogen and oxygen atoms in total. The van der Waals surface area contributed by atoms with Crippen LogP contribution in [-0.2, 0) is 14.3 Å². The fraction of sp³-hybridized carbons (Fsp3) is 0.476. The minimum atomic E-state index is -0.139. The number of ether oxygens (including phenoxy) is 3. The van der Waals surface area contributed by atoms with E-state index in [-0.39, 0.29) is 36.1 Å². The highest BCUT2D eigenvalue weighted by molar-refractivity contribution is 5.81. The number of methoxy groups -OCH3 is 1. The molecule has 0 bridgehead atoms. The Morgan fingerprint density at radius 3 is 2.52 bits per heavy atom. The van der Waals surface area contributed by atoms with Gasteiger partial charge in [0, 0.05) is 17.7 Å². The molecule has 5 rings (SSSR count). The largest absolute Gasteiger partial charge is 0.497 e. The molecule has 0 radical (unpaired) electrons. The van der Waals surface area contributed by atoms with Gasteiger partial charge in [0.25, 0.3) is 0 Å². The molecule has 2 aliphatic heterocycles. The van der Waals surface area contributed by atoms with Gasteiger partial charge in [0.05, 0.1) is 38.1 Å². The molecule has 2 N–H and O–H groups in total. The van der Waals surface area contributed by atoms with Gasteiger partial charge in [0.2, 0.25) is 11.9 Å². The van der Waals surface area contributed by atoms with Crippen LogP contribution in [0.3, 0.4) is 0 Å². The van der Waals surface area contributed by atoms with Gasteiger partial charge in [-0.2, -0.15) is 0 Å². The van der Waals surface area contributed by atoms with Crippen LogP contribution in [0.2, 0.25) is 0 Å². The molecule has 1 amide bonds. The molecule has 4 atom stereocenters.